The lowest BCUT2D eigenvalue weighted by Gasteiger charge is -2.12. The fourth-order valence-electron chi connectivity index (χ4n) is 7.69. The molecule has 0 amide bonds. The fraction of sp³-hybridized carbons (Fsp3) is 0. The van der Waals surface area contributed by atoms with Gasteiger partial charge in [0.2, 0.25) is 0 Å². The highest BCUT2D eigenvalue weighted by molar-refractivity contribution is 6.19. The maximum atomic E-state index is 2.43. The Labute approximate surface area is 278 Å². The lowest BCUT2D eigenvalue weighted by molar-refractivity contribution is 1.16. The molecular weight excluding hydrogens is 581 g/mol. The maximum absolute atomic E-state index is 2.43. The lowest BCUT2D eigenvalue weighted by Crippen LogP contribution is -1.96. The van der Waals surface area contributed by atoms with Crippen LogP contribution in [0.4, 0.5) is 0 Å². The van der Waals surface area contributed by atoms with E-state index in [0.717, 1.165) is 11.4 Å². The highest BCUT2D eigenvalue weighted by Gasteiger charge is 2.18. The van der Waals surface area contributed by atoms with E-state index in [1.807, 2.05) is 0 Å². The van der Waals surface area contributed by atoms with Crippen LogP contribution in [0.25, 0.3) is 88.0 Å². The van der Waals surface area contributed by atoms with Crippen LogP contribution in [0.3, 0.4) is 0 Å². The number of hydrogen-bond donors (Lipinski definition) is 0. The van der Waals surface area contributed by atoms with Crippen LogP contribution in [-0.4, -0.2) is 9.13 Å². The van der Waals surface area contributed by atoms with Gasteiger partial charge < -0.3 is 9.13 Å². The molecule has 10 aromatic rings. The first-order valence-electron chi connectivity index (χ1n) is 16.5. The maximum Gasteiger partial charge on any atom is 0.0562 e. The van der Waals surface area contributed by atoms with Gasteiger partial charge in [-0.3, -0.25) is 0 Å². The van der Waals surface area contributed by atoms with E-state index in [2.05, 4.69) is 191 Å². The van der Waals surface area contributed by atoms with Crippen LogP contribution >= 0.6 is 0 Å². The molecule has 0 bridgehead atoms. The largest absolute Gasteiger partial charge is 0.309 e. The Balaban J connectivity index is 1.19. The Kier molecular flexibility index (Phi) is 5.91. The molecule has 0 aliphatic rings. The summed E-state index contributed by atoms with van der Waals surface area (Å²) in [5, 5.41) is 7.58. The summed E-state index contributed by atoms with van der Waals surface area (Å²) in [7, 11) is 0. The van der Waals surface area contributed by atoms with Crippen LogP contribution < -0.4 is 0 Å². The summed E-state index contributed by atoms with van der Waals surface area (Å²) < 4.78 is 4.85. The van der Waals surface area contributed by atoms with Gasteiger partial charge in [0.25, 0.3) is 0 Å². The van der Waals surface area contributed by atoms with Crippen molar-refractivity contribution in [1.29, 1.82) is 0 Å². The van der Waals surface area contributed by atoms with Gasteiger partial charge in [0.05, 0.1) is 22.1 Å². The molecule has 2 heterocycles. The Morgan fingerprint density at radius 3 is 1.38 bits per heavy atom. The molecule has 0 N–H and O–H groups in total. The third-order valence-corrected chi connectivity index (χ3v) is 9.92. The smallest absolute Gasteiger partial charge is 0.0562 e. The van der Waals surface area contributed by atoms with Crippen molar-refractivity contribution in [3.63, 3.8) is 0 Å². The summed E-state index contributed by atoms with van der Waals surface area (Å²) >= 11 is 0. The monoisotopic (exact) mass is 610 g/mol. The van der Waals surface area contributed by atoms with Gasteiger partial charge in [-0.15, -0.1) is 0 Å². The minimum Gasteiger partial charge on any atom is -0.309 e. The normalized spacial score (nSPS) is 11.8. The van der Waals surface area contributed by atoms with Crippen molar-refractivity contribution in [2.24, 2.45) is 0 Å². The molecule has 10 rings (SSSR count). The van der Waals surface area contributed by atoms with Crippen molar-refractivity contribution in [3.05, 3.63) is 182 Å². The van der Waals surface area contributed by atoms with E-state index in [-0.39, 0.29) is 0 Å². The predicted octanol–water partition coefficient (Wildman–Crippen LogP) is 12.4. The van der Waals surface area contributed by atoms with Crippen LogP contribution in [0.5, 0.6) is 0 Å². The molecule has 2 nitrogen and oxygen atoms in total. The number of hydrogen-bond acceptors (Lipinski definition) is 0. The fourth-order valence-corrected chi connectivity index (χ4v) is 7.69. The molecule has 0 unspecified atom stereocenters. The molecule has 224 valence electrons. The first-order chi connectivity index (χ1) is 23.8. The van der Waals surface area contributed by atoms with Crippen LogP contribution in [0.2, 0.25) is 0 Å². The minimum atomic E-state index is 1.15. The predicted molar refractivity (Wildman–Crippen MR) is 203 cm³/mol. The van der Waals surface area contributed by atoms with E-state index in [0.29, 0.717) is 0 Å². The van der Waals surface area contributed by atoms with Gasteiger partial charge in [-0.25, -0.2) is 0 Å². The second-order valence-electron chi connectivity index (χ2n) is 12.6. The van der Waals surface area contributed by atoms with Crippen LogP contribution in [0.1, 0.15) is 0 Å². The Hall–Kier alpha value is -6.38. The zero-order valence-corrected chi connectivity index (χ0v) is 26.2. The molecule has 0 radical (unpaired) electrons. The topological polar surface area (TPSA) is 9.86 Å². The van der Waals surface area contributed by atoms with Crippen molar-refractivity contribution in [2.45, 2.75) is 0 Å². The SMILES string of the molecule is c1ccc(-c2ccc(-n3c4ccccc4c4cc5c6ccccc6n(-c6ccc(-c7cccc8ccccc78)cc6)c5cc43)cc2)cc1. The van der Waals surface area contributed by atoms with Gasteiger partial charge in [-0.1, -0.05) is 133 Å². The Morgan fingerprint density at radius 2 is 0.750 bits per heavy atom. The number of fused-ring (bicyclic) bond motifs is 7. The minimum absolute atomic E-state index is 1.15. The van der Waals surface area contributed by atoms with Crippen molar-refractivity contribution in [3.8, 4) is 33.6 Å². The van der Waals surface area contributed by atoms with Crippen molar-refractivity contribution < 1.29 is 0 Å². The number of para-hydroxylation sites is 2. The molecule has 2 heteroatoms. The highest BCUT2D eigenvalue weighted by atomic mass is 15.0. The molecule has 0 saturated heterocycles. The van der Waals surface area contributed by atoms with Crippen LogP contribution in [0.15, 0.2) is 182 Å². The van der Waals surface area contributed by atoms with Gasteiger partial charge in [-0.2, -0.15) is 0 Å². The Bertz CT molecular complexity index is 2790. The number of rotatable bonds is 4. The third kappa shape index (κ3) is 4.06. The molecular formula is C46H30N2. The molecule has 0 atom stereocenters. The van der Waals surface area contributed by atoms with E-state index in [1.54, 1.807) is 0 Å². The molecule has 0 aliphatic carbocycles. The summed E-state index contributed by atoms with van der Waals surface area (Å²) in [6, 6.07) is 66.2. The summed E-state index contributed by atoms with van der Waals surface area (Å²) in [5.41, 5.74) is 12.0. The van der Waals surface area contributed by atoms with E-state index in [9.17, 15) is 0 Å². The van der Waals surface area contributed by atoms with Crippen LogP contribution in [0, 0.1) is 0 Å². The summed E-state index contributed by atoms with van der Waals surface area (Å²) in [6.07, 6.45) is 0. The molecule has 0 saturated carbocycles. The van der Waals surface area contributed by atoms with Gasteiger partial charge >= 0.3 is 0 Å². The van der Waals surface area contributed by atoms with Crippen molar-refractivity contribution >= 4 is 54.4 Å². The van der Waals surface area contributed by atoms with E-state index < -0.39 is 0 Å². The van der Waals surface area contributed by atoms with Gasteiger partial charge in [-0.05, 0) is 81.6 Å². The van der Waals surface area contributed by atoms with Crippen molar-refractivity contribution in [2.75, 3.05) is 0 Å². The molecule has 48 heavy (non-hydrogen) atoms. The lowest BCUT2D eigenvalue weighted by atomic mass is 9.98. The number of nitrogens with zero attached hydrogens (tertiary/aromatic N) is 2. The van der Waals surface area contributed by atoms with E-state index in [4.69, 9.17) is 0 Å². The van der Waals surface area contributed by atoms with Crippen molar-refractivity contribution in [1.82, 2.24) is 9.13 Å². The second kappa shape index (κ2) is 10.6. The number of aromatic nitrogens is 2. The molecule has 0 spiro atoms. The quantitative estimate of drug-likeness (QED) is 0.188. The average molecular weight is 611 g/mol. The second-order valence-corrected chi connectivity index (χ2v) is 12.6. The van der Waals surface area contributed by atoms with Gasteiger partial charge in [0.1, 0.15) is 0 Å². The van der Waals surface area contributed by atoms with E-state index in [1.165, 1.54) is 76.6 Å². The zero-order valence-electron chi connectivity index (χ0n) is 26.2. The van der Waals surface area contributed by atoms with E-state index >= 15 is 0 Å². The van der Waals surface area contributed by atoms with Gasteiger partial charge in [0.15, 0.2) is 0 Å². The zero-order chi connectivity index (χ0) is 31.6. The average Bonchev–Trinajstić information content (AvgIpc) is 3.66. The van der Waals surface area contributed by atoms with Crippen LogP contribution in [-0.2, 0) is 0 Å². The standard InChI is InChI=1S/C46H30N2/c1-2-11-31(12-3-1)32-21-25-35(26-22-32)47-43-19-8-6-16-39(43)41-29-42-40-17-7-9-20-44(40)48(46(42)30-45(41)47)36-27-23-34(24-28-36)38-18-10-14-33-13-4-5-15-37(33)38/h1-30H. The summed E-state index contributed by atoms with van der Waals surface area (Å²) in [4.78, 5) is 0. The first-order valence-corrected chi connectivity index (χ1v) is 16.5. The molecule has 8 aromatic carbocycles. The number of benzene rings is 8. The first kappa shape index (κ1) is 26.8. The van der Waals surface area contributed by atoms with Gasteiger partial charge in [0, 0.05) is 32.9 Å². The molecule has 0 aliphatic heterocycles. The third-order valence-electron chi connectivity index (χ3n) is 9.92. The summed E-state index contributed by atoms with van der Waals surface area (Å²) in [5.74, 6) is 0. The summed E-state index contributed by atoms with van der Waals surface area (Å²) in [6.45, 7) is 0. The molecule has 2 aromatic heterocycles. The molecule has 0 fully saturated rings. The highest BCUT2D eigenvalue weighted by Crippen LogP contribution is 2.40. The Morgan fingerprint density at radius 1 is 0.271 bits per heavy atom.